The lowest BCUT2D eigenvalue weighted by Crippen LogP contribution is -2.59. The lowest BCUT2D eigenvalue weighted by atomic mass is 9.94. The van der Waals surface area contributed by atoms with Gasteiger partial charge >= 0.3 is 0 Å². The van der Waals surface area contributed by atoms with Crippen LogP contribution in [-0.4, -0.2) is 41.4 Å². The Hall–Kier alpha value is 0.150. The Kier molecular flexibility index (Phi) is 10.2. The van der Waals surface area contributed by atoms with Crippen molar-refractivity contribution in [1.82, 2.24) is 0 Å². The lowest BCUT2D eigenvalue weighted by Gasteiger charge is -2.58. The van der Waals surface area contributed by atoms with E-state index in [2.05, 4.69) is 0 Å². The predicted molar refractivity (Wildman–Crippen MR) is 147 cm³/mol. The van der Waals surface area contributed by atoms with Crippen molar-refractivity contribution in [2.75, 3.05) is 0 Å². The minimum Gasteiger partial charge on any atom is -0.373 e. The summed E-state index contributed by atoms with van der Waals surface area (Å²) in [6.07, 6.45) is 31.5. The molecular formula is C31H55O3P. The summed E-state index contributed by atoms with van der Waals surface area (Å²) in [6, 6.07) is 0. The van der Waals surface area contributed by atoms with Gasteiger partial charge in [-0.25, -0.2) is 0 Å². The molecule has 5 fully saturated rings. The van der Waals surface area contributed by atoms with Crippen LogP contribution in [0.25, 0.3) is 0 Å². The third-order valence-corrected chi connectivity index (χ3v) is 15.4. The molecule has 8 unspecified atom stereocenters. The Morgan fingerprint density at radius 3 is 1.03 bits per heavy atom. The zero-order chi connectivity index (χ0) is 23.9. The maximum absolute atomic E-state index is 16.0. The van der Waals surface area contributed by atoms with Crippen molar-refractivity contribution in [2.45, 2.75) is 195 Å². The predicted octanol–water partition coefficient (Wildman–Crippen LogP) is 9.39. The average molecular weight is 507 g/mol. The third kappa shape index (κ3) is 6.25. The Balaban J connectivity index is 1.51. The molecule has 5 rings (SSSR count). The molecule has 0 bridgehead atoms. The molecule has 0 aromatic heterocycles. The van der Waals surface area contributed by atoms with Crippen molar-refractivity contribution in [1.29, 1.82) is 0 Å². The standard InChI is InChI=1S/C31H55O3P/c32-35-29-23-17-10-6-5-7-13-19-25(29)33-27-21-15-8-3-1-2-4-9-16-22-28(31(27)35)34-26-20-14-11-12-18-24-30(26)35/h25-31H,1-24H2. The van der Waals surface area contributed by atoms with Crippen molar-refractivity contribution in [2.24, 2.45) is 0 Å². The Labute approximate surface area is 216 Å². The van der Waals surface area contributed by atoms with Gasteiger partial charge in [-0.2, -0.15) is 0 Å². The van der Waals surface area contributed by atoms with E-state index in [0.717, 1.165) is 38.5 Å². The molecule has 0 radical (unpaired) electrons. The van der Waals surface area contributed by atoms with Crippen molar-refractivity contribution < 1.29 is 14.0 Å². The highest BCUT2D eigenvalue weighted by Gasteiger charge is 2.62. The molecule has 2 aliphatic heterocycles. The molecule has 0 spiro atoms. The van der Waals surface area contributed by atoms with Gasteiger partial charge in [0.2, 0.25) is 0 Å². The van der Waals surface area contributed by atoms with Gasteiger partial charge in [0.1, 0.15) is 7.14 Å². The molecular weight excluding hydrogens is 451 g/mol. The molecule has 35 heavy (non-hydrogen) atoms. The van der Waals surface area contributed by atoms with Crippen LogP contribution in [0.5, 0.6) is 0 Å². The van der Waals surface area contributed by atoms with Gasteiger partial charge in [-0.05, 0) is 38.5 Å². The van der Waals surface area contributed by atoms with Crippen LogP contribution in [0, 0.1) is 0 Å². The van der Waals surface area contributed by atoms with Crippen molar-refractivity contribution in [3.05, 3.63) is 0 Å². The van der Waals surface area contributed by atoms with Gasteiger partial charge in [-0.15, -0.1) is 0 Å². The lowest BCUT2D eigenvalue weighted by molar-refractivity contribution is -0.104. The summed E-state index contributed by atoms with van der Waals surface area (Å²) in [5.74, 6) is 0. The summed E-state index contributed by atoms with van der Waals surface area (Å²) in [7, 11) is -2.45. The van der Waals surface area contributed by atoms with Gasteiger partial charge in [-0.1, -0.05) is 116 Å². The van der Waals surface area contributed by atoms with Gasteiger partial charge in [0, 0.05) is 11.3 Å². The summed E-state index contributed by atoms with van der Waals surface area (Å²) in [6.45, 7) is 0. The highest BCUT2D eigenvalue weighted by molar-refractivity contribution is 7.66. The Morgan fingerprint density at radius 1 is 0.371 bits per heavy atom. The SMILES string of the molecule is O=P12C3CCCCCCCCC3OC3CCCCCCCCCCC(OC4CCCCCCC41)C32. The highest BCUT2D eigenvalue weighted by atomic mass is 31.2. The monoisotopic (exact) mass is 506 g/mol. The molecule has 8 atom stereocenters. The molecule has 0 amide bonds. The fourth-order valence-electron chi connectivity index (χ4n) is 8.74. The van der Waals surface area contributed by atoms with Gasteiger partial charge in [0.15, 0.2) is 0 Å². The molecule has 3 nitrogen and oxygen atoms in total. The second-order valence-corrected chi connectivity index (χ2v) is 16.4. The largest absolute Gasteiger partial charge is 0.373 e. The molecule has 202 valence electrons. The maximum atomic E-state index is 16.0. The van der Waals surface area contributed by atoms with Crippen LogP contribution in [0.2, 0.25) is 0 Å². The van der Waals surface area contributed by atoms with Gasteiger partial charge < -0.3 is 14.0 Å². The number of ether oxygens (including phenoxy) is 2. The van der Waals surface area contributed by atoms with E-state index in [0.29, 0.717) is 11.3 Å². The van der Waals surface area contributed by atoms with Crippen LogP contribution >= 0.6 is 7.14 Å². The van der Waals surface area contributed by atoms with Crippen molar-refractivity contribution in [3.63, 3.8) is 0 Å². The topological polar surface area (TPSA) is 35.5 Å². The summed E-state index contributed by atoms with van der Waals surface area (Å²) in [5, 5.41) is 0. The molecule has 2 saturated heterocycles. The molecule has 0 aromatic carbocycles. The van der Waals surface area contributed by atoms with Gasteiger partial charge in [0.25, 0.3) is 0 Å². The van der Waals surface area contributed by atoms with Crippen LogP contribution in [0.15, 0.2) is 0 Å². The molecule has 0 aromatic rings. The van der Waals surface area contributed by atoms with Crippen LogP contribution in [0.3, 0.4) is 0 Å². The first kappa shape index (κ1) is 26.7. The number of fused-ring (bicyclic) bond motifs is 4. The first-order valence-corrected chi connectivity index (χ1v) is 18.1. The Bertz CT molecular complexity index is 680. The fraction of sp³-hybridized carbons (Fsp3) is 1.00. The summed E-state index contributed by atoms with van der Waals surface area (Å²) < 4.78 is 30.3. The van der Waals surface area contributed by atoms with E-state index >= 15 is 4.57 Å². The van der Waals surface area contributed by atoms with Crippen molar-refractivity contribution in [3.8, 4) is 0 Å². The van der Waals surface area contributed by atoms with Crippen LogP contribution in [-0.2, 0) is 14.0 Å². The number of hydrogen-bond donors (Lipinski definition) is 0. The van der Waals surface area contributed by atoms with Gasteiger partial charge in [-0.3, -0.25) is 0 Å². The highest BCUT2D eigenvalue weighted by Crippen LogP contribution is 2.72. The molecule has 4 heteroatoms. The molecule has 3 saturated carbocycles. The van der Waals surface area contributed by atoms with Crippen LogP contribution < -0.4 is 0 Å². The van der Waals surface area contributed by atoms with Crippen molar-refractivity contribution >= 4 is 7.14 Å². The van der Waals surface area contributed by atoms with Crippen LogP contribution in [0.1, 0.15) is 154 Å². The zero-order valence-corrected chi connectivity index (χ0v) is 23.6. The third-order valence-electron chi connectivity index (χ3n) is 10.5. The first-order chi connectivity index (χ1) is 17.3. The second kappa shape index (κ2) is 13.3. The van der Waals surface area contributed by atoms with E-state index < -0.39 is 7.14 Å². The number of hydrogen-bond acceptors (Lipinski definition) is 3. The van der Waals surface area contributed by atoms with E-state index in [1.165, 1.54) is 116 Å². The van der Waals surface area contributed by atoms with E-state index in [4.69, 9.17) is 9.47 Å². The fourth-order valence-corrected chi connectivity index (χ4v) is 14.2. The van der Waals surface area contributed by atoms with Gasteiger partial charge in [0.05, 0.1) is 30.1 Å². The minimum absolute atomic E-state index is 0.183. The quantitative estimate of drug-likeness (QED) is 0.307. The summed E-state index contributed by atoms with van der Waals surface area (Å²) in [4.78, 5) is 0. The summed E-state index contributed by atoms with van der Waals surface area (Å²) in [5.41, 5.74) is 0.825. The average Bonchev–Trinajstić information content (AvgIpc) is 2.85. The van der Waals surface area contributed by atoms with Crippen LogP contribution in [0.4, 0.5) is 0 Å². The molecule has 5 aliphatic rings. The van der Waals surface area contributed by atoms with E-state index in [1.807, 2.05) is 0 Å². The maximum Gasteiger partial charge on any atom is 0.107 e. The number of rotatable bonds is 0. The molecule has 2 heterocycles. The second-order valence-electron chi connectivity index (χ2n) is 12.9. The molecule has 3 aliphatic carbocycles. The Morgan fingerprint density at radius 2 is 0.657 bits per heavy atom. The zero-order valence-electron chi connectivity index (χ0n) is 22.7. The van der Waals surface area contributed by atoms with E-state index in [1.54, 1.807) is 0 Å². The molecule has 0 N–H and O–H groups in total. The first-order valence-electron chi connectivity index (χ1n) is 16.2. The minimum atomic E-state index is -2.45. The van der Waals surface area contributed by atoms with E-state index in [-0.39, 0.29) is 30.1 Å². The smallest absolute Gasteiger partial charge is 0.107 e. The normalized spacial score (nSPS) is 45.0. The summed E-state index contributed by atoms with van der Waals surface area (Å²) >= 11 is 0. The van der Waals surface area contributed by atoms with E-state index in [9.17, 15) is 0 Å².